The van der Waals surface area contributed by atoms with Crippen LogP contribution in [0.25, 0.3) is 10.9 Å². The Balaban J connectivity index is 1.48. The SMILES string of the molecule is CC(C)n1cnc2cc(N3CCN(S(=O)(=O)N4CCCCCC4)CC3)ccc2c1=O. The van der Waals surface area contributed by atoms with E-state index in [4.69, 9.17) is 0 Å². The minimum absolute atomic E-state index is 0.0325. The summed E-state index contributed by atoms with van der Waals surface area (Å²) >= 11 is 0. The molecule has 2 saturated heterocycles. The molecule has 4 rings (SSSR count). The fourth-order valence-electron chi connectivity index (χ4n) is 4.30. The number of aromatic nitrogens is 2. The summed E-state index contributed by atoms with van der Waals surface area (Å²) in [5.41, 5.74) is 1.62. The smallest absolute Gasteiger partial charge is 0.282 e. The number of anilines is 1. The molecule has 2 aliphatic heterocycles. The summed E-state index contributed by atoms with van der Waals surface area (Å²) in [6, 6.07) is 5.77. The van der Waals surface area contributed by atoms with E-state index < -0.39 is 10.2 Å². The first-order chi connectivity index (χ1) is 14.4. The number of nitrogens with zero attached hydrogens (tertiary/aromatic N) is 5. The van der Waals surface area contributed by atoms with Crippen LogP contribution in [0, 0.1) is 0 Å². The predicted molar refractivity (Wildman–Crippen MR) is 119 cm³/mol. The van der Waals surface area contributed by atoms with Crippen molar-refractivity contribution < 1.29 is 8.42 Å². The first-order valence-corrected chi connectivity index (χ1v) is 12.3. The Morgan fingerprint density at radius 1 is 0.900 bits per heavy atom. The highest BCUT2D eigenvalue weighted by Crippen LogP contribution is 2.23. The van der Waals surface area contributed by atoms with Crippen molar-refractivity contribution in [3.63, 3.8) is 0 Å². The third kappa shape index (κ3) is 4.10. The number of hydrogen-bond acceptors (Lipinski definition) is 5. The maximum absolute atomic E-state index is 13.0. The van der Waals surface area contributed by atoms with E-state index in [1.807, 2.05) is 32.0 Å². The van der Waals surface area contributed by atoms with Crippen molar-refractivity contribution in [1.29, 1.82) is 0 Å². The Morgan fingerprint density at radius 3 is 2.17 bits per heavy atom. The summed E-state index contributed by atoms with van der Waals surface area (Å²) in [6.45, 7) is 7.38. The number of rotatable bonds is 4. The van der Waals surface area contributed by atoms with E-state index in [2.05, 4.69) is 9.88 Å². The second-order valence-corrected chi connectivity index (χ2v) is 10.4. The zero-order valence-corrected chi connectivity index (χ0v) is 18.6. The second-order valence-electron chi connectivity index (χ2n) is 8.46. The molecule has 2 aromatic rings. The topological polar surface area (TPSA) is 78.8 Å². The molecule has 2 aliphatic rings. The van der Waals surface area contributed by atoms with Crippen LogP contribution >= 0.6 is 0 Å². The molecule has 1 aromatic carbocycles. The third-order valence-corrected chi connectivity index (χ3v) is 8.18. The van der Waals surface area contributed by atoms with Gasteiger partial charge >= 0.3 is 0 Å². The largest absolute Gasteiger partial charge is 0.369 e. The fraction of sp³-hybridized carbons (Fsp3) is 0.619. The number of hydrogen-bond donors (Lipinski definition) is 0. The van der Waals surface area contributed by atoms with Crippen LogP contribution in [0.3, 0.4) is 0 Å². The van der Waals surface area contributed by atoms with Gasteiger partial charge in [0.05, 0.1) is 17.2 Å². The van der Waals surface area contributed by atoms with Crippen LogP contribution in [0.5, 0.6) is 0 Å². The molecule has 0 unspecified atom stereocenters. The molecule has 164 valence electrons. The minimum Gasteiger partial charge on any atom is -0.369 e. The van der Waals surface area contributed by atoms with Gasteiger partial charge in [0.15, 0.2) is 0 Å². The monoisotopic (exact) mass is 433 g/mol. The lowest BCUT2D eigenvalue weighted by molar-refractivity contribution is 0.327. The normalized spacial score (nSPS) is 20.0. The van der Waals surface area contributed by atoms with Crippen LogP contribution < -0.4 is 10.5 Å². The Kier molecular flexibility index (Phi) is 6.13. The summed E-state index contributed by atoms with van der Waals surface area (Å²) in [6.07, 6.45) is 5.71. The van der Waals surface area contributed by atoms with Crippen LogP contribution in [0.1, 0.15) is 45.6 Å². The van der Waals surface area contributed by atoms with Gasteiger partial charge in [0.1, 0.15) is 0 Å². The van der Waals surface area contributed by atoms with Crippen molar-refractivity contribution in [2.24, 2.45) is 0 Å². The van der Waals surface area contributed by atoms with Crippen molar-refractivity contribution in [3.8, 4) is 0 Å². The molecule has 0 radical (unpaired) electrons. The summed E-state index contributed by atoms with van der Waals surface area (Å²) < 4.78 is 31.0. The lowest BCUT2D eigenvalue weighted by Crippen LogP contribution is -2.53. The molecule has 30 heavy (non-hydrogen) atoms. The van der Waals surface area contributed by atoms with E-state index in [-0.39, 0.29) is 11.6 Å². The van der Waals surface area contributed by atoms with Crippen LogP contribution in [-0.4, -0.2) is 65.8 Å². The van der Waals surface area contributed by atoms with Crippen LogP contribution in [0.15, 0.2) is 29.3 Å². The molecular formula is C21H31N5O3S. The van der Waals surface area contributed by atoms with Gasteiger partial charge in [-0.15, -0.1) is 0 Å². The highest BCUT2D eigenvalue weighted by molar-refractivity contribution is 7.86. The molecule has 0 spiro atoms. The van der Waals surface area contributed by atoms with Crippen molar-refractivity contribution in [2.75, 3.05) is 44.2 Å². The van der Waals surface area contributed by atoms with Crippen LogP contribution in [-0.2, 0) is 10.2 Å². The van der Waals surface area contributed by atoms with Crippen molar-refractivity contribution in [3.05, 3.63) is 34.9 Å². The number of fused-ring (bicyclic) bond motifs is 1. The molecule has 0 atom stereocenters. The van der Waals surface area contributed by atoms with Crippen molar-refractivity contribution in [1.82, 2.24) is 18.2 Å². The van der Waals surface area contributed by atoms with E-state index in [0.29, 0.717) is 50.2 Å². The van der Waals surface area contributed by atoms with Gasteiger partial charge < -0.3 is 4.90 Å². The molecule has 0 bridgehead atoms. The highest BCUT2D eigenvalue weighted by Gasteiger charge is 2.32. The lowest BCUT2D eigenvalue weighted by Gasteiger charge is -2.37. The van der Waals surface area contributed by atoms with Gasteiger partial charge in [-0.3, -0.25) is 9.36 Å². The summed E-state index contributed by atoms with van der Waals surface area (Å²) in [5, 5.41) is 0.609. The summed E-state index contributed by atoms with van der Waals surface area (Å²) in [7, 11) is -3.38. The highest BCUT2D eigenvalue weighted by atomic mass is 32.2. The zero-order valence-electron chi connectivity index (χ0n) is 17.8. The fourth-order valence-corrected chi connectivity index (χ4v) is 5.97. The average molecular weight is 434 g/mol. The Hall–Kier alpha value is -1.97. The van der Waals surface area contributed by atoms with E-state index in [1.54, 1.807) is 19.5 Å². The second kappa shape index (κ2) is 8.64. The van der Waals surface area contributed by atoms with Gasteiger partial charge in [0.25, 0.3) is 15.8 Å². The molecular weight excluding hydrogens is 402 g/mol. The van der Waals surface area contributed by atoms with Crippen LogP contribution in [0.2, 0.25) is 0 Å². The number of benzene rings is 1. The molecule has 0 N–H and O–H groups in total. The van der Waals surface area contributed by atoms with Gasteiger partial charge in [0.2, 0.25) is 0 Å². The van der Waals surface area contributed by atoms with E-state index in [9.17, 15) is 13.2 Å². The molecule has 3 heterocycles. The van der Waals surface area contributed by atoms with Gasteiger partial charge in [0, 0.05) is 51.0 Å². The predicted octanol–water partition coefficient (Wildman–Crippen LogP) is 2.22. The lowest BCUT2D eigenvalue weighted by atomic mass is 10.2. The Labute approximate surface area is 178 Å². The van der Waals surface area contributed by atoms with Crippen molar-refractivity contribution in [2.45, 2.75) is 45.6 Å². The first kappa shape index (κ1) is 21.3. The quantitative estimate of drug-likeness (QED) is 0.739. The van der Waals surface area contributed by atoms with E-state index in [0.717, 1.165) is 31.4 Å². The third-order valence-electron chi connectivity index (χ3n) is 6.15. The molecule has 0 amide bonds. The van der Waals surface area contributed by atoms with Gasteiger partial charge in [-0.05, 0) is 44.9 Å². The maximum Gasteiger partial charge on any atom is 0.282 e. The minimum atomic E-state index is -3.38. The molecule has 2 fully saturated rings. The Bertz CT molecular complexity index is 1050. The molecule has 9 heteroatoms. The molecule has 1 aromatic heterocycles. The maximum atomic E-state index is 13.0. The van der Waals surface area contributed by atoms with Gasteiger partial charge in [-0.25, -0.2) is 4.98 Å². The van der Waals surface area contributed by atoms with E-state index >= 15 is 0 Å². The van der Waals surface area contributed by atoms with E-state index in [1.165, 1.54) is 0 Å². The Morgan fingerprint density at radius 2 is 1.53 bits per heavy atom. The first-order valence-electron chi connectivity index (χ1n) is 10.9. The van der Waals surface area contributed by atoms with Gasteiger partial charge in [-0.1, -0.05) is 12.8 Å². The van der Waals surface area contributed by atoms with Crippen LogP contribution in [0.4, 0.5) is 5.69 Å². The molecule has 0 aliphatic carbocycles. The zero-order chi connectivity index (χ0) is 21.3. The standard InChI is InChI=1S/C21H31N5O3S/c1-17(2)26-16-22-20-15-18(7-8-19(20)21(26)27)23-11-13-25(14-12-23)30(28,29)24-9-5-3-4-6-10-24/h7-8,15-17H,3-6,9-14H2,1-2H3. The van der Waals surface area contributed by atoms with Gasteiger partial charge in [-0.2, -0.15) is 17.0 Å². The summed E-state index contributed by atoms with van der Waals surface area (Å²) in [4.78, 5) is 19.3. The van der Waals surface area contributed by atoms with Crippen molar-refractivity contribution >= 4 is 26.8 Å². The molecule has 8 nitrogen and oxygen atoms in total. The number of piperazine rings is 1. The average Bonchev–Trinajstić information content (AvgIpc) is 3.04. The molecule has 0 saturated carbocycles. The summed E-state index contributed by atoms with van der Waals surface area (Å²) in [5.74, 6) is 0.